The highest BCUT2D eigenvalue weighted by molar-refractivity contribution is 5.87. The van der Waals surface area contributed by atoms with E-state index in [4.69, 9.17) is 10.5 Å². The summed E-state index contributed by atoms with van der Waals surface area (Å²) in [6, 6.07) is 27.2. The van der Waals surface area contributed by atoms with E-state index >= 15 is 0 Å². The quantitative estimate of drug-likeness (QED) is 0.543. The molecule has 160 valence electrons. The Morgan fingerprint density at radius 1 is 0.774 bits per heavy atom. The number of hydrogen-bond donors (Lipinski definition) is 1. The van der Waals surface area contributed by atoms with Gasteiger partial charge >= 0.3 is 5.97 Å². The van der Waals surface area contributed by atoms with Crippen LogP contribution < -0.4 is 5.73 Å². The monoisotopic (exact) mass is 416 g/mol. The fraction of sp³-hybridized carbons (Fsp3) is 0.231. The van der Waals surface area contributed by atoms with Crippen LogP contribution in [-0.2, 0) is 33.8 Å². The third kappa shape index (κ3) is 6.52. The summed E-state index contributed by atoms with van der Waals surface area (Å²) in [5, 5.41) is 0. The highest BCUT2D eigenvalue weighted by Gasteiger charge is 2.31. The lowest BCUT2D eigenvalue weighted by Crippen LogP contribution is -2.51. The molecule has 0 spiro atoms. The van der Waals surface area contributed by atoms with Crippen molar-refractivity contribution in [3.05, 3.63) is 108 Å². The van der Waals surface area contributed by atoms with E-state index in [1.165, 1.54) is 4.90 Å². The molecule has 0 radical (unpaired) electrons. The molecule has 0 aliphatic heterocycles. The summed E-state index contributed by atoms with van der Waals surface area (Å²) < 4.78 is 5.56. The number of likely N-dealkylation sites (N-methyl/N-ethyl adjacent to an activating group) is 1. The summed E-state index contributed by atoms with van der Waals surface area (Å²) >= 11 is 0. The zero-order chi connectivity index (χ0) is 22.1. The predicted octanol–water partition coefficient (Wildman–Crippen LogP) is 3.37. The Balaban J connectivity index is 1.72. The molecule has 0 aliphatic carbocycles. The molecule has 3 aromatic carbocycles. The number of hydrogen-bond acceptors (Lipinski definition) is 4. The van der Waals surface area contributed by atoms with Gasteiger partial charge in [-0.3, -0.25) is 4.79 Å². The Morgan fingerprint density at radius 3 is 1.74 bits per heavy atom. The molecule has 1 amide bonds. The van der Waals surface area contributed by atoms with Gasteiger partial charge in [0.1, 0.15) is 12.6 Å². The minimum absolute atomic E-state index is 0.156. The standard InChI is InChI=1S/C26H28N2O3/c1-28(25(29)23(27)17-20-11-5-2-6-12-20)24(18-21-13-7-3-8-14-21)26(30)31-19-22-15-9-4-10-16-22/h2-16,23-24H,17-19,27H2,1H3/t23-,24-/m0/s1. The number of esters is 1. The molecule has 0 unspecified atom stereocenters. The SMILES string of the molecule is CN(C(=O)[C@@H](N)Cc1ccccc1)[C@@H](Cc1ccccc1)C(=O)OCc1ccccc1. The topological polar surface area (TPSA) is 72.6 Å². The predicted molar refractivity (Wildman–Crippen MR) is 121 cm³/mol. The Hall–Kier alpha value is -3.44. The second-order valence-electron chi connectivity index (χ2n) is 7.54. The lowest BCUT2D eigenvalue weighted by Gasteiger charge is -2.29. The lowest BCUT2D eigenvalue weighted by molar-refractivity contribution is -0.155. The highest BCUT2D eigenvalue weighted by atomic mass is 16.5. The smallest absolute Gasteiger partial charge is 0.329 e. The van der Waals surface area contributed by atoms with Gasteiger partial charge in [-0.25, -0.2) is 4.79 Å². The maximum absolute atomic E-state index is 13.1. The van der Waals surface area contributed by atoms with E-state index in [1.807, 2.05) is 91.0 Å². The van der Waals surface area contributed by atoms with Crippen molar-refractivity contribution in [1.82, 2.24) is 4.90 Å². The first kappa shape index (κ1) is 22.2. The van der Waals surface area contributed by atoms with Gasteiger partial charge in [0.15, 0.2) is 0 Å². The van der Waals surface area contributed by atoms with Gasteiger partial charge in [0.2, 0.25) is 5.91 Å². The number of amides is 1. The molecule has 0 heterocycles. The minimum Gasteiger partial charge on any atom is -0.459 e. The maximum Gasteiger partial charge on any atom is 0.329 e. The number of rotatable bonds is 9. The van der Waals surface area contributed by atoms with E-state index in [-0.39, 0.29) is 12.5 Å². The zero-order valence-corrected chi connectivity index (χ0v) is 17.7. The van der Waals surface area contributed by atoms with E-state index in [0.29, 0.717) is 12.8 Å². The van der Waals surface area contributed by atoms with Gasteiger partial charge in [-0.15, -0.1) is 0 Å². The van der Waals surface area contributed by atoms with Crippen molar-refractivity contribution in [3.63, 3.8) is 0 Å². The van der Waals surface area contributed by atoms with Crippen molar-refractivity contribution in [2.45, 2.75) is 31.5 Å². The largest absolute Gasteiger partial charge is 0.459 e. The van der Waals surface area contributed by atoms with E-state index in [1.54, 1.807) is 7.05 Å². The van der Waals surface area contributed by atoms with Crippen LogP contribution in [-0.4, -0.2) is 35.9 Å². The summed E-state index contributed by atoms with van der Waals surface area (Å²) in [5.41, 5.74) is 9.02. The molecule has 2 atom stereocenters. The zero-order valence-electron chi connectivity index (χ0n) is 17.7. The molecule has 0 saturated heterocycles. The third-order valence-corrected chi connectivity index (χ3v) is 5.20. The third-order valence-electron chi connectivity index (χ3n) is 5.20. The first-order valence-corrected chi connectivity index (χ1v) is 10.3. The van der Waals surface area contributed by atoms with E-state index in [9.17, 15) is 9.59 Å². The van der Waals surface area contributed by atoms with Gasteiger partial charge < -0.3 is 15.4 Å². The van der Waals surface area contributed by atoms with Crippen LogP contribution in [0.5, 0.6) is 0 Å². The van der Waals surface area contributed by atoms with Crippen LogP contribution in [0.15, 0.2) is 91.0 Å². The van der Waals surface area contributed by atoms with Crippen molar-refractivity contribution in [2.24, 2.45) is 5.73 Å². The van der Waals surface area contributed by atoms with Gasteiger partial charge in [-0.2, -0.15) is 0 Å². The summed E-state index contributed by atoms with van der Waals surface area (Å²) in [6.07, 6.45) is 0.760. The normalized spacial score (nSPS) is 12.6. The summed E-state index contributed by atoms with van der Waals surface area (Å²) in [6.45, 7) is 0.156. The molecule has 3 rings (SSSR count). The highest BCUT2D eigenvalue weighted by Crippen LogP contribution is 2.13. The maximum atomic E-state index is 13.1. The van der Waals surface area contributed by atoms with Crippen LogP contribution in [0.4, 0.5) is 0 Å². The van der Waals surface area contributed by atoms with Gasteiger partial charge in [-0.05, 0) is 23.1 Å². The van der Waals surface area contributed by atoms with E-state index in [2.05, 4.69) is 0 Å². The number of carbonyl (C=O) groups excluding carboxylic acids is 2. The van der Waals surface area contributed by atoms with Crippen LogP contribution in [0, 0.1) is 0 Å². The van der Waals surface area contributed by atoms with Gasteiger partial charge in [0, 0.05) is 13.5 Å². The Bertz CT molecular complexity index is 962. The van der Waals surface area contributed by atoms with Crippen molar-refractivity contribution in [2.75, 3.05) is 7.05 Å². The molecule has 5 nitrogen and oxygen atoms in total. The molecule has 0 saturated carbocycles. The molecule has 0 aromatic heterocycles. The molecule has 5 heteroatoms. The first-order valence-electron chi connectivity index (χ1n) is 10.3. The first-order chi connectivity index (χ1) is 15.0. The molecular formula is C26H28N2O3. The van der Waals surface area contributed by atoms with Gasteiger partial charge in [-0.1, -0.05) is 91.0 Å². The second kappa shape index (κ2) is 11.1. The van der Waals surface area contributed by atoms with Crippen molar-refractivity contribution in [1.29, 1.82) is 0 Å². The fourth-order valence-electron chi connectivity index (χ4n) is 3.41. The van der Waals surface area contributed by atoms with Crippen molar-refractivity contribution < 1.29 is 14.3 Å². The number of nitrogens with two attached hydrogens (primary N) is 1. The second-order valence-corrected chi connectivity index (χ2v) is 7.54. The summed E-state index contributed by atoms with van der Waals surface area (Å²) in [5.74, 6) is -0.739. The minimum atomic E-state index is -0.763. The molecule has 3 aromatic rings. The van der Waals surface area contributed by atoms with Crippen LogP contribution >= 0.6 is 0 Å². The summed E-state index contributed by atoms with van der Waals surface area (Å²) in [7, 11) is 1.62. The molecule has 0 bridgehead atoms. The fourth-order valence-corrected chi connectivity index (χ4v) is 3.41. The Morgan fingerprint density at radius 2 is 1.23 bits per heavy atom. The Labute approximate surface area is 183 Å². The van der Waals surface area contributed by atoms with E-state index in [0.717, 1.165) is 16.7 Å². The Kier molecular flexibility index (Phi) is 7.96. The molecule has 0 aliphatic rings. The molecule has 31 heavy (non-hydrogen) atoms. The number of benzene rings is 3. The molecule has 2 N–H and O–H groups in total. The van der Waals surface area contributed by atoms with Crippen molar-refractivity contribution in [3.8, 4) is 0 Å². The molecule has 0 fully saturated rings. The van der Waals surface area contributed by atoms with Gasteiger partial charge in [0.05, 0.1) is 6.04 Å². The number of nitrogens with zero attached hydrogens (tertiary/aromatic N) is 1. The van der Waals surface area contributed by atoms with Gasteiger partial charge in [0.25, 0.3) is 0 Å². The van der Waals surface area contributed by atoms with Crippen LogP contribution in [0.1, 0.15) is 16.7 Å². The van der Waals surface area contributed by atoms with Crippen LogP contribution in [0.3, 0.4) is 0 Å². The van der Waals surface area contributed by atoms with Crippen LogP contribution in [0.2, 0.25) is 0 Å². The van der Waals surface area contributed by atoms with Crippen molar-refractivity contribution >= 4 is 11.9 Å². The van der Waals surface area contributed by atoms with E-state index < -0.39 is 18.1 Å². The lowest BCUT2D eigenvalue weighted by atomic mass is 10.0. The average Bonchev–Trinajstić information content (AvgIpc) is 2.82. The number of ether oxygens (including phenoxy) is 1. The number of carbonyl (C=O) groups is 2. The summed E-state index contributed by atoms with van der Waals surface area (Å²) in [4.78, 5) is 27.5. The average molecular weight is 417 g/mol. The molecular weight excluding hydrogens is 388 g/mol. The van der Waals surface area contributed by atoms with Crippen LogP contribution in [0.25, 0.3) is 0 Å².